The number of halogens is 1. The first-order valence-electron chi connectivity index (χ1n) is 11.0. The predicted molar refractivity (Wildman–Crippen MR) is 131 cm³/mol. The van der Waals surface area contributed by atoms with Gasteiger partial charge in [-0.1, -0.05) is 41.9 Å². The van der Waals surface area contributed by atoms with E-state index in [1.807, 2.05) is 24.3 Å². The molecule has 1 aromatic heterocycles. The van der Waals surface area contributed by atoms with Crippen LogP contribution in [0.15, 0.2) is 72.8 Å². The zero-order valence-electron chi connectivity index (χ0n) is 18.2. The van der Waals surface area contributed by atoms with Gasteiger partial charge in [-0.05, 0) is 48.0 Å². The Morgan fingerprint density at radius 3 is 2.34 bits per heavy atom. The quantitative estimate of drug-likeness (QED) is 0.414. The highest BCUT2D eigenvalue weighted by atomic mass is 35.5. The number of rotatable bonds is 6. The number of anilines is 1. The van der Waals surface area contributed by atoms with Crippen LogP contribution in [0.3, 0.4) is 0 Å². The lowest BCUT2D eigenvalue weighted by atomic mass is 10.2. The molecule has 0 aliphatic carbocycles. The topological polar surface area (TPSA) is 33.5 Å². The van der Waals surface area contributed by atoms with Gasteiger partial charge in [0.15, 0.2) is 0 Å². The fourth-order valence-electron chi connectivity index (χ4n) is 4.37. The van der Waals surface area contributed by atoms with Gasteiger partial charge in [0.2, 0.25) is 0 Å². The number of aromatic nitrogens is 2. The van der Waals surface area contributed by atoms with Crippen molar-refractivity contribution in [1.29, 1.82) is 0 Å². The molecule has 4 aromatic rings. The molecule has 3 aromatic carbocycles. The molecule has 0 saturated carbocycles. The van der Waals surface area contributed by atoms with Gasteiger partial charge in [-0.3, -0.25) is 4.90 Å². The molecule has 1 aliphatic rings. The van der Waals surface area contributed by atoms with Crippen LogP contribution in [-0.2, 0) is 13.1 Å². The highest BCUT2D eigenvalue weighted by Gasteiger charge is 2.20. The Morgan fingerprint density at radius 2 is 1.62 bits per heavy atom. The minimum atomic E-state index is 0.724. The van der Waals surface area contributed by atoms with Crippen LogP contribution < -0.4 is 9.64 Å². The van der Waals surface area contributed by atoms with E-state index in [0.717, 1.165) is 66.9 Å². The Morgan fingerprint density at radius 1 is 0.875 bits per heavy atom. The zero-order chi connectivity index (χ0) is 21.9. The molecular weight excluding hydrogens is 420 g/mol. The second kappa shape index (κ2) is 9.23. The van der Waals surface area contributed by atoms with E-state index in [2.05, 4.69) is 62.9 Å². The van der Waals surface area contributed by atoms with Crippen molar-refractivity contribution in [3.63, 3.8) is 0 Å². The van der Waals surface area contributed by atoms with Gasteiger partial charge in [-0.2, -0.15) is 0 Å². The van der Waals surface area contributed by atoms with Gasteiger partial charge in [0.1, 0.15) is 11.6 Å². The number of ether oxygens (including phenoxy) is 1. The Balaban J connectivity index is 1.33. The summed E-state index contributed by atoms with van der Waals surface area (Å²) in [5.74, 6) is 1.98. The average Bonchev–Trinajstić information content (AvgIpc) is 3.16. The number of imidazole rings is 1. The van der Waals surface area contributed by atoms with Crippen molar-refractivity contribution in [2.75, 3.05) is 38.2 Å². The van der Waals surface area contributed by atoms with Crippen molar-refractivity contribution >= 4 is 28.3 Å². The van der Waals surface area contributed by atoms with E-state index >= 15 is 0 Å². The van der Waals surface area contributed by atoms with Crippen LogP contribution in [0.1, 0.15) is 11.4 Å². The predicted octanol–water partition coefficient (Wildman–Crippen LogP) is 5.07. The van der Waals surface area contributed by atoms with E-state index in [4.69, 9.17) is 21.3 Å². The molecule has 0 amide bonds. The summed E-state index contributed by atoms with van der Waals surface area (Å²) in [4.78, 5) is 9.89. The summed E-state index contributed by atoms with van der Waals surface area (Å²) in [7, 11) is 1.70. The third-order valence-electron chi connectivity index (χ3n) is 6.15. The zero-order valence-corrected chi connectivity index (χ0v) is 19.0. The van der Waals surface area contributed by atoms with Crippen LogP contribution in [-0.4, -0.2) is 47.7 Å². The number of hydrogen-bond donors (Lipinski definition) is 0. The highest BCUT2D eigenvalue weighted by molar-refractivity contribution is 6.31. The first-order chi connectivity index (χ1) is 15.7. The molecule has 0 radical (unpaired) electrons. The van der Waals surface area contributed by atoms with Crippen LogP contribution >= 0.6 is 11.6 Å². The second-order valence-corrected chi connectivity index (χ2v) is 8.63. The molecular formula is C26H27ClN4O. The van der Waals surface area contributed by atoms with E-state index in [0.29, 0.717) is 0 Å². The molecule has 2 heterocycles. The van der Waals surface area contributed by atoms with Crippen molar-refractivity contribution in [2.45, 2.75) is 13.1 Å². The molecule has 5 rings (SSSR count). The number of benzene rings is 3. The van der Waals surface area contributed by atoms with Crippen molar-refractivity contribution < 1.29 is 4.74 Å². The highest BCUT2D eigenvalue weighted by Crippen LogP contribution is 2.24. The Bertz CT molecular complexity index is 1180. The second-order valence-electron chi connectivity index (χ2n) is 8.19. The standard InChI is InChI=1S/C26H27ClN4O/c1-32-23-10-8-22(9-11-23)30-15-13-29(14-16-30)19-26-28-24-17-21(27)7-12-25(24)31(26)18-20-5-3-2-4-6-20/h2-12,17H,13-16,18-19H2,1H3. The molecule has 1 aliphatic heterocycles. The molecule has 32 heavy (non-hydrogen) atoms. The SMILES string of the molecule is COc1ccc(N2CCN(Cc3nc4cc(Cl)ccc4n3Cc3ccccc3)CC2)cc1. The Labute approximate surface area is 193 Å². The summed E-state index contributed by atoms with van der Waals surface area (Å²) < 4.78 is 7.61. The van der Waals surface area contributed by atoms with Gasteiger partial charge in [0, 0.05) is 43.4 Å². The fraction of sp³-hybridized carbons (Fsp3) is 0.269. The number of hydrogen-bond acceptors (Lipinski definition) is 4. The maximum atomic E-state index is 6.25. The van der Waals surface area contributed by atoms with E-state index in [-0.39, 0.29) is 0 Å². The maximum absolute atomic E-state index is 6.25. The number of piperazine rings is 1. The van der Waals surface area contributed by atoms with Crippen molar-refractivity contribution in [3.05, 3.63) is 89.2 Å². The largest absolute Gasteiger partial charge is 0.497 e. The van der Waals surface area contributed by atoms with Crippen LogP contribution in [0.25, 0.3) is 11.0 Å². The van der Waals surface area contributed by atoms with Crippen molar-refractivity contribution in [3.8, 4) is 5.75 Å². The van der Waals surface area contributed by atoms with Gasteiger partial charge < -0.3 is 14.2 Å². The summed E-state index contributed by atoms with van der Waals surface area (Å²) in [6.07, 6.45) is 0. The van der Waals surface area contributed by atoms with Crippen molar-refractivity contribution in [1.82, 2.24) is 14.5 Å². The Hall–Kier alpha value is -3.02. The summed E-state index contributed by atoms with van der Waals surface area (Å²) in [5.41, 5.74) is 4.61. The molecule has 6 heteroatoms. The summed E-state index contributed by atoms with van der Waals surface area (Å²) in [6.45, 7) is 5.63. The monoisotopic (exact) mass is 446 g/mol. The first-order valence-corrected chi connectivity index (χ1v) is 11.4. The average molecular weight is 447 g/mol. The minimum absolute atomic E-state index is 0.724. The minimum Gasteiger partial charge on any atom is -0.497 e. The molecule has 164 valence electrons. The van der Waals surface area contributed by atoms with Gasteiger partial charge in [0.25, 0.3) is 0 Å². The third kappa shape index (κ3) is 4.45. The fourth-order valence-corrected chi connectivity index (χ4v) is 4.54. The summed E-state index contributed by atoms with van der Waals surface area (Å²) in [5, 5.41) is 0.724. The van der Waals surface area contributed by atoms with Crippen LogP contribution in [0.5, 0.6) is 5.75 Å². The van der Waals surface area contributed by atoms with Crippen LogP contribution in [0.4, 0.5) is 5.69 Å². The van der Waals surface area contributed by atoms with Crippen LogP contribution in [0, 0.1) is 0 Å². The summed E-state index contributed by atoms with van der Waals surface area (Å²) >= 11 is 6.25. The van der Waals surface area contributed by atoms with Crippen molar-refractivity contribution in [2.24, 2.45) is 0 Å². The summed E-state index contributed by atoms with van der Waals surface area (Å²) in [6, 6.07) is 24.9. The molecule has 1 fully saturated rings. The first kappa shape index (κ1) is 20.9. The number of methoxy groups -OCH3 is 1. The van der Waals surface area contributed by atoms with Gasteiger partial charge in [0.05, 0.1) is 24.7 Å². The molecule has 0 bridgehead atoms. The smallest absolute Gasteiger partial charge is 0.124 e. The van der Waals surface area contributed by atoms with Gasteiger partial charge in [-0.25, -0.2) is 4.98 Å². The lowest BCUT2D eigenvalue weighted by molar-refractivity contribution is 0.241. The third-order valence-corrected chi connectivity index (χ3v) is 6.38. The molecule has 0 spiro atoms. The Kier molecular flexibility index (Phi) is 6.02. The van der Waals surface area contributed by atoms with Crippen LogP contribution in [0.2, 0.25) is 5.02 Å². The lowest BCUT2D eigenvalue weighted by Gasteiger charge is -2.36. The molecule has 5 nitrogen and oxygen atoms in total. The maximum Gasteiger partial charge on any atom is 0.124 e. The van der Waals surface area contributed by atoms with E-state index in [9.17, 15) is 0 Å². The van der Waals surface area contributed by atoms with E-state index < -0.39 is 0 Å². The van der Waals surface area contributed by atoms with E-state index in [1.54, 1.807) is 7.11 Å². The van der Waals surface area contributed by atoms with Gasteiger partial charge >= 0.3 is 0 Å². The van der Waals surface area contributed by atoms with Gasteiger partial charge in [-0.15, -0.1) is 0 Å². The lowest BCUT2D eigenvalue weighted by Crippen LogP contribution is -2.46. The molecule has 0 unspecified atom stereocenters. The number of nitrogens with zero attached hydrogens (tertiary/aromatic N) is 4. The van der Waals surface area contributed by atoms with E-state index in [1.165, 1.54) is 11.3 Å². The molecule has 1 saturated heterocycles. The number of fused-ring (bicyclic) bond motifs is 1. The molecule has 0 N–H and O–H groups in total. The molecule has 0 atom stereocenters. The normalized spacial score (nSPS) is 14.8.